The Labute approximate surface area is 196 Å². The molecule has 1 saturated heterocycles. The molecular formula is C27H35N3O3. The molecule has 0 spiro atoms. The van der Waals surface area contributed by atoms with Crippen molar-refractivity contribution in [2.24, 2.45) is 0 Å². The summed E-state index contributed by atoms with van der Waals surface area (Å²) in [6.45, 7) is 10.8. The molecule has 0 unspecified atom stereocenters. The highest BCUT2D eigenvalue weighted by atomic mass is 16.5. The number of nitrogens with zero attached hydrogens (tertiary/aromatic N) is 2. The smallest absolute Gasteiger partial charge is 0.265 e. The van der Waals surface area contributed by atoms with Gasteiger partial charge < -0.3 is 19.9 Å². The minimum absolute atomic E-state index is 0.0236. The molecule has 2 amide bonds. The van der Waals surface area contributed by atoms with Crippen molar-refractivity contribution in [2.45, 2.75) is 52.0 Å². The number of carbonyl (C=O) groups excluding carboxylic acids is 2. The Morgan fingerprint density at radius 3 is 2.45 bits per heavy atom. The largest absolute Gasteiger partial charge is 0.482 e. The average Bonchev–Trinajstić information content (AvgIpc) is 2.81. The van der Waals surface area contributed by atoms with E-state index in [0.29, 0.717) is 18.7 Å². The number of hydrogen-bond donors (Lipinski definition) is 1. The number of carbonyl (C=O) groups is 2. The maximum Gasteiger partial charge on any atom is 0.265 e. The zero-order valence-corrected chi connectivity index (χ0v) is 20.0. The fourth-order valence-electron chi connectivity index (χ4n) is 4.40. The van der Waals surface area contributed by atoms with Gasteiger partial charge in [-0.15, -0.1) is 0 Å². The van der Waals surface area contributed by atoms with E-state index >= 15 is 0 Å². The monoisotopic (exact) mass is 449 g/mol. The van der Waals surface area contributed by atoms with Crippen LogP contribution in [0.5, 0.6) is 5.75 Å². The van der Waals surface area contributed by atoms with Crippen LogP contribution in [-0.2, 0) is 16.8 Å². The lowest BCUT2D eigenvalue weighted by Crippen LogP contribution is -2.38. The molecule has 176 valence electrons. The Morgan fingerprint density at radius 2 is 1.76 bits per heavy atom. The van der Waals surface area contributed by atoms with Crippen molar-refractivity contribution >= 4 is 17.5 Å². The van der Waals surface area contributed by atoms with E-state index in [0.717, 1.165) is 42.2 Å². The van der Waals surface area contributed by atoms with E-state index in [2.05, 4.69) is 43.1 Å². The van der Waals surface area contributed by atoms with Gasteiger partial charge in [-0.25, -0.2) is 0 Å². The van der Waals surface area contributed by atoms with Crippen LogP contribution in [-0.4, -0.2) is 49.5 Å². The summed E-state index contributed by atoms with van der Waals surface area (Å²) < 4.78 is 5.66. The van der Waals surface area contributed by atoms with E-state index in [-0.39, 0.29) is 23.8 Å². The van der Waals surface area contributed by atoms with Crippen LogP contribution >= 0.6 is 0 Å². The molecule has 2 aliphatic rings. The quantitative estimate of drug-likeness (QED) is 0.721. The van der Waals surface area contributed by atoms with Crippen LogP contribution in [0.2, 0.25) is 0 Å². The summed E-state index contributed by atoms with van der Waals surface area (Å²) in [6, 6.07) is 13.6. The molecule has 0 aromatic heterocycles. The van der Waals surface area contributed by atoms with Crippen molar-refractivity contribution in [1.29, 1.82) is 0 Å². The first-order valence-corrected chi connectivity index (χ1v) is 12.0. The Bertz CT molecular complexity index is 989. The Hall–Kier alpha value is -2.86. The molecule has 0 radical (unpaired) electrons. The normalized spacial score (nSPS) is 16.8. The summed E-state index contributed by atoms with van der Waals surface area (Å²) in [5, 5.41) is 3.03. The second-order valence-electron chi connectivity index (χ2n) is 10.1. The minimum atomic E-state index is -0.0620. The van der Waals surface area contributed by atoms with Gasteiger partial charge in [0.15, 0.2) is 6.61 Å². The minimum Gasteiger partial charge on any atom is -0.482 e. The highest BCUT2D eigenvalue weighted by Gasteiger charge is 2.27. The molecule has 4 rings (SSSR count). The number of piperidine rings is 1. The van der Waals surface area contributed by atoms with Crippen molar-refractivity contribution in [3.05, 3.63) is 59.2 Å². The fourth-order valence-corrected chi connectivity index (χ4v) is 4.40. The van der Waals surface area contributed by atoms with Gasteiger partial charge in [-0.05, 0) is 66.7 Å². The molecule has 0 aliphatic carbocycles. The number of benzene rings is 2. The van der Waals surface area contributed by atoms with Gasteiger partial charge in [0.25, 0.3) is 11.8 Å². The number of nitrogens with one attached hydrogen (secondary N) is 1. The molecule has 2 heterocycles. The van der Waals surface area contributed by atoms with Gasteiger partial charge in [-0.3, -0.25) is 9.59 Å². The van der Waals surface area contributed by atoms with Crippen LogP contribution in [0.15, 0.2) is 42.5 Å². The molecule has 33 heavy (non-hydrogen) atoms. The number of rotatable bonds is 6. The van der Waals surface area contributed by atoms with Crippen LogP contribution in [0.25, 0.3) is 0 Å². The van der Waals surface area contributed by atoms with Crippen LogP contribution in [0.1, 0.15) is 61.5 Å². The highest BCUT2D eigenvalue weighted by molar-refractivity contribution is 5.98. The van der Waals surface area contributed by atoms with Gasteiger partial charge >= 0.3 is 0 Å². The van der Waals surface area contributed by atoms with E-state index in [1.54, 1.807) is 4.90 Å². The van der Waals surface area contributed by atoms with Crippen molar-refractivity contribution in [3.63, 3.8) is 0 Å². The molecule has 0 bridgehead atoms. The van der Waals surface area contributed by atoms with E-state index in [9.17, 15) is 9.59 Å². The van der Waals surface area contributed by atoms with Crippen molar-refractivity contribution < 1.29 is 14.3 Å². The lowest BCUT2D eigenvalue weighted by molar-refractivity contribution is -0.121. The van der Waals surface area contributed by atoms with Crippen LogP contribution in [0, 0.1) is 0 Å². The van der Waals surface area contributed by atoms with E-state index < -0.39 is 0 Å². The number of amides is 2. The SMILES string of the molecule is CC(C)(C)c1ccc2c(c1)N(Cc1ccc(C(=O)NCCN3CCCCC3)cc1)C(=O)CO2. The summed E-state index contributed by atoms with van der Waals surface area (Å²) in [5.41, 5.74) is 3.55. The zero-order chi connectivity index (χ0) is 23.4. The fraction of sp³-hybridized carbons (Fsp3) is 0.481. The number of fused-ring (bicyclic) bond motifs is 1. The summed E-state index contributed by atoms with van der Waals surface area (Å²) in [6.07, 6.45) is 3.82. The number of hydrogen-bond acceptors (Lipinski definition) is 4. The molecule has 6 nitrogen and oxygen atoms in total. The second kappa shape index (κ2) is 9.96. The molecule has 2 aromatic carbocycles. The number of likely N-dealkylation sites (tertiary alicyclic amines) is 1. The predicted octanol–water partition coefficient (Wildman–Crippen LogP) is 4.13. The summed E-state index contributed by atoms with van der Waals surface area (Å²) in [4.78, 5) is 29.4. The lowest BCUT2D eigenvalue weighted by Gasteiger charge is -2.31. The number of anilines is 1. The molecule has 1 N–H and O–H groups in total. The maximum atomic E-state index is 12.7. The first kappa shape index (κ1) is 23.3. The van der Waals surface area contributed by atoms with Crippen LogP contribution in [0.3, 0.4) is 0 Å². The standard InChI is InChI=1S/C27H35N3O3/c1-27(2,3)22-11-12-24-23(17-22)30(25(31)19-33-24)18-20-7-9-21(10-8-20)26(32)28-13-16-29-14-5-4-6-15-29/h7-12,17H,4-6,13-16,18-19H2,1-3H3,(H,28,32). The third kappa shape index (κ3) is 5.74. The summed E-state index contributed by atoms with van der Waals surface area (Å²) >= 11 is 0. The van der Waals surface area contributed by atoms with Gasteiger partial charge in [0, 0.05) is 18.7 Å². The van der Waals surface area contributed by atoms with Gasteiger partial charge in [0.05, 0.1) is 12.2 Å². The molecule has 1 fully saturated rings. The van der Waals surface area contributed by atoms with Crippen molar-refractivity contribution in [3.8, 4) is 5.75 Å². The van der Waals surface area contributed by atoms with Crippen molar-refractivity contribution in [1.82, 2.24) is 10.2 Å². The van der Waals surface area contributed by atoms with E-state index in [1.807, 2.05) is 30.3 Å². The molecular weight excluding hydrogens is 414 g/mol. The second-order valence-corrected chi connectivity index (χ2v) is 10.1. The first-order valence-electron chi connectivity index (χ1n) is 12.0. The molecule has 0 atom stereocenters. The predicted molar refractivity (Wildman–Crippen MR) is 131 cm³/mol. The highest BCUT2D eigenvalue weighted by Crippen LogP contribution is 2.37. The Morgan fingerprint density at radius 1 is 1.03 bits per heavy atom. The summed E-state index contributed by atoms with van der Waals surface area (Å²) in [5.74, 6) is 0.613. The average molecular weight is 450 g/mol. The Balaban J connectivity index is 1.39. The van der Waals surface area contributed by atoms with Crippen LogP contribution in [0.4, 0.5) is 5.69 Å². The maximum absolute atomic E-state index is 12.7. The topological polar surface area (TPSA) is 61.9 Å². The molecule has 0 saturated carbocycles. The van der Waals surface area contributed by atoms with Crippen LogP contribution < -0.4 is 15.0 Å². The first-order chi connectivity index (χ1) is 15.8. The summed E-state index contributed by atoms with van der Waals surface area (Å²) in [7, 11) is 0. The zero-order valence-electron chi connectivity index (χ0n) is 20.0. The molecule has 6 heteroatoms. The van der Waals surface area contributed by atoms with E-state index in [4.69, 9.17) is 4.74 Å². The third-order valence-corrected chi connectivity index (χ3v) is 6.49. The van der Waals surface area contributed by atoms with E-state index in [1.165, 1.54) is 19.3 Å². The Kier molecular flexibility index (Phi) is 7.03. The third-order valence-electron chi connectivity index (χ3n) is 6.49. The molecule has 2 aliphatic heterocycles. The lowest BCUT2D eigenvalue weighted by atomic mass is 9.86. The molecule has 2 aromatic rings. The van der Waals surface area contributed by atoms with Gasteiger partial charge in [0.2, 0.25) is 0 Å². The van der Waals surface area contributed by atoms with Gasteiger partial charge in [-0.2, -0.15) is 0 Å². The number of ether oxygens (including phenoxy) is 1. The van der Waals surface area contributed by atoms with Gasteiger partial charge in [-0.1, -0.05) is 45.4 Å². The van der Waals surface area contributed by atoms with Gasteiger partial charge in [0.1, 0.15) is 5.75 Å². The van der Waals surface area contributed by atoms with Crippen molar-refractivity contribution in [2.75, 3.05) is 37.7 Å².